The summed E-state index contributed by atoms with van der Waals surface area (Å²) in [5.74, 6) is 0.383. The molecule has 2 aromatic carbocycles. The predicted molar refractivity (Wildman–Crippen MR) is 71.7 cm³/mol. The Bertz CT molecular complexity index is 515. The summed E-state index contributed by atoms with van der Waals surface area (Å²) in [4.78, 5) is 0. The van der Waals surface area contributed by atoms with Crippen molar-refractivity contribution in [1.82, 2.24) is 0 Å². The molecular formula is C15H14ClFO. The fourth-order valence-electron chi connectivity index (χ4n) is 1.70. The second kappa shape index (κ2) is 5.40. The van der Waals surface area contributed by atoms with Crippen molar-refractivity contribution in [3.8, 4) is 5.75 Å². The maximum atomic E-state index is 13.3. The molecule has 0 saturated carbocycles. The van der Waals surface area contributed by atoms with E-state index in [1.165, 1.54) is 6.07 Å². The number of benzene rings is 2. The third-order valence-corrected chi connectivity index (χ3v) is 3.39. The highest BCUT2D eigenvalue weighted by Crippen LogP contribution is 2.24. The van der Waals surface area contributed by atoms with E-state index >= 15 is 0 Å². The zero-order valence-corrected chi connectivity index (χ0v) is 11.1. The van der Waals surface area contributed by atoms with E-state index in [0.717, 1.165) is 16.9 Å². The second-order valence-electron chi connectivity index (χ2n) is 4.20. The molecule has 94 valence electrons. The van der Waals surface area contributed by atoms with E-state index in [2.05, 4.69) is 0 Å². The molecule has 0 N–H and O–H groups in total. The van der Waals surface area contributed by atoms with E-state index < -0.39 is 5.82 Å². The number of aryl methyl sites for hydroxylation is 1. The molecule has 0 spiro atoms. The summed E-state index contributed by atoms with van der Waals surface area (Å²) < 4.78 is 18.9. The Morgan fingerprint density at radius 2 is 1.83 bits per heavy atom. The molecule has 1 nitrogen and oxygen atoms in total. The zero-order chi connectivity index (χ0) is 13.1. The van der Waals surface area contributed by atoms with Gasteiger partial charge in [-0.05, 0) is 37.1 Å². The van der Waals surface area contributed by atoms with Crippen molar-refractivity contribution in [3.05, 3.63) is 63.9 Å². The lowest BCUT2D eigenvalue weighted by Crippen LogP contribution is -1.99. The van der Waals surface area contributed by atoms with Crippen molar-refractivity contribution >= 4 is 11.6 Å². The van der Waals surface area contributed by atoms with E-state index in [4.69, 9.17) is 16.3 Å². The van der Waals surface area contributed by atoms with E-state index in [1.54, 1.807) is 12.1 Å². The molecule has 2 aromatic rings. The minimum Gasteiger partial charge on any atom is -0.489 e. The molecule has 0 aliphatic rings. The van der Waals surface area contributed by atoms with Gasteiger partial charge in [0.25, 0.3) is 0 Å². The van der Waals surface area contributed by atoms with Crippen molar-refractivity contribution < 1.29 is 9.13 Å². The molecule has 0 radical (unpaired) electrons. The number of hydrogen-bond donors (Lipinski definition) is 0. The minimum atomic E-state index is -0.418. The van der Waals surface area contributed by atoms with Gasteiger partial charge in [-0.2, -0.15) is 0 Å². The Morgan fingerprint density at radius 1 is 1.11 bits per heavy atom. The molecule has 3 heteroatoms. The van der Waals surface area contributed by atoms with Crippen molar-refractivity contribution in [2.24, 2.45) is 0 Å². The standard InChI is InChI=1S/C15H14ClFO/c1-10-5-3-8-14(11(10)2)18-9-12-6-4-7-13(17)15(12)16/h3-8H,9H2,1-2H3. The van der Waals surface area contributed by atoms with E-state index in [0.29, 0.717) is 5.56 Å². The van der Waals surface area contributed by atoms with Crippen LogP contribution >= 0.6 is 11.6 Å². The molecule has 0 heterocycles. The molecule has 0 aliphatic carbocycles. The first kappa shape index (κ1) is 12.9. The lowest BCUT2D eigenvalue weighted by molar-refractivity contribution is 0.303. The van der Waals surface area contributed by atoms with Gasteiger partial charge < -0.3 is 4.74 Å². The Hall–Kier alpha value is -1.54. The average molecular weight is 265 g/mol. The van der Waals surface area contributed by atoms with Gasteiger partial charge in [0, 0.05) is 5.56 Å². The molecule has 0 unspecified atom stereocenters. The first-order valence-electron chi connectivity index (χ1n) is 5.71. The van der Waals surface area contributed by atoms with Crippen LogP contribution in [0.15, 0.2) is 36.4 Å². The van der Waals surface area contributed by atoms with Crippen LogP contribution in [0.3, 0.4) is 0 Å². The van der Waals surface area contributed by atoms with Gasteiger partial charge in [-0.1, -0.05) is 35.9 Å². The largest absolute Gasteiger partial charge is 0.489 e. The zero-order valence-electron chi connectivity index (χ0n) is 10.3. The number of halogens is 2. The Kier molecular flexibility index (Phi) is 3.87. The fraction of sp³-hybridized carbons (Fsp3) is 0.200. The van der Waals surface area contributed by atoms with Crippen LogP contribution in [0.4, 0.5) is 4.39 Å². The summed E-state index contributed by atoms with van der Waals surface area (Å²) in [6, 6.07) is 10.6. The Morgan fingerprint density at radius 3 is 2.61 bits per heavy atom. The normalized spacial score (nSPS) is 10.4. The number of hydrogen-bond acceptors (Lipinski definition) is 1. The van der Waals surface area contributed by atoms with Crippen LogP contribution < -0.4 is 4.74 Å². The average Bonchev–Trinajstić information content (AvgIpc) is 2.36. The van der Waals surface area contributed by atoms with Gasteiger partial charge in [0.2, 0.25) is 0 Å². The van der Waals surface area contributed by atoms with Crippen molar-refractivity contribution in [1.29, 1.82) is 0 Å². The molecule has 2 rings (SSSR count). The first-order chi connectivity index (χ1) is 8.59. The molecule has 18 heavy (non-hydrogen) atoms. The highest BCUT2D eigenvalue weighted by Gasteiger charge is 2.07. The van der Waals surface area contributed by atoms with Gasteiger partial charge in [0.05, 0.1) is 5.02 Å². The van der Waals surface area contributed by atoms with Crippen LogP contribution in [0.2, 0.25) is 5.02 Å². The molecule has 0 fully saturated rings. The highest BCUT2D eigenvalue weighted by molar-refractivity contribution is 6.31. The number of rotatable bonds is 3. The summed E-state index contributed by atoms with van der Waals surface area (Å²) in [5.41, 5.74) is 2.90. The van der Waals surface area contributed by atoms with Crippen molar-refractivity contribution in [2.75, 3.05) is 0 Å². The summed E-state index contributed by atoms with van der Waals surface area (Å²) in [5, 5.41) is 0.128. The van der Waals surface area contributed by atoms with Gasteiger partial charge in [-0.25, -0.2) is 4.39 Å². The van der Waals surface area contributed by atoms with Crippen LogP contribution in [0, 0.1) is 19.7 Å². The topological polar surface area (TPSA) is 9.23 Å². The monoisotopic (exact) mass is 264 g/mol. The van der Waals surface area contributed by atoms with Crippen molar-refractivity contribution in [2.45, 2.75) is 20.5 Å². The lowest BCUT2D eigenvalue weighted by Gasteiger charge is -2.11. The first-order valence-corrected chi connectivity index (χ1v) is 6.09. The molecule has 0 bridgehead atoms. The molecule has 0 amide bonds. The molecule has 0 aromatic heterocycles. The fourth-order valence-corrected chi connectivity index (χ4v) is 1.88. The SMILES string of the molecule is Cc1cccc(OCc2cccc(F)c2Cl)c1C. The maximum absolute atomic E-state index is 13.3. The smallest absolute Gasteiger partial charge is 0.142 e. The quantitative estimate of drug-likeness (QED) is 0.782. The van der Waals surface area contributed by atoms with Gasteiger partial charge in [0.15, 0.2) is 0 Å². The number of ether oxygens (including phenoxy) is 1. The predicted octanol–water partition coefficient (Wildman–Crippen LogP) is 4.67. The lowest BCUT2D eigenvalue weighted by atomic mass is 10.1. The summed E-state index contributed by atoms with van der Waals surface area (Å²) in [7, 11) is 0. The van der Waals surface area contributed by atoms with Gasteiger partial charge in [0.1, 0.15) is 18.2 Å². The summed E-state index contributed by atoms with van der Waals surface area (Å²) in [6.07, 6.45) is 0. The summed E-state index contributed by atoms with van der Waals surface area (Å²) >= 11 is 5.88. The Labute approximate surface area is 111 Å². The van der Waals surface area contributed by atoms with E-state index in [1.807, 2.05) is 32.0 Å². The third kappa shape index (κ3) is 2.65. The van der Waals surface area contributed by atoms with E-state index in [-0.39, 0.29) is 11.6 Å². The summed E-state index contributed by atoms with van der Waals surface area (Å²) in [6.45, 7) is 4.29. The second-order valence-corrected chi connectivity index (χ2v) is 4.58. The molecule has 0 atom stereocenters. The maximum Gasteiger partial charge on any atom is 0.142 e. The van der Waals surface area contributed by atoms with Crippen molar-refractivity contribution in [3.63, 3.8) is 0 Å². The van der Waals surface area contributed by atoms with Crippen LogP contribution in [0.1, 0.15) is 16.7 Å². The van der Waals surface area contributed by atoms with Crippen LogP contribution in [0.5, 0.6) is 5.75 Å². The molecular weight excluding hydrogens is 251 g/mol. The van der Waals surface area contributed by atoms with Crippen LogP contribution in [0.25, 0.3) is 0 Å². The van der Waals surface area contributed by atoms with Gasteiger partial charge in [-0.3, -0.25) is 0 Å². The molecule has 0 saturated heterocycles. The third-order valence-electron chi connectivity index (χ3n) is 2.97. The minimum absolute atomic E-state index is 0.128. The van der Waals surface area contributed by atoms with Crippen LogP contribution in [-0.4, -0.2) is 0 Å². The Balaban J connectivity index is 2.17. The highest BCUT2D eigenvalue weighted by atomic mass is 35.5. The van der Waals surface area contributed by atoms with E-state index in [9.17, 15) is 4.39 Å². The van der Waals surface area contributed by atoms with Crippen LogP contribution in [-0.2, 0) is 6.61 Å². The molecule has 0 aliphatic heterocycles. The van der Waals surface area contributed by atoms with Gasteiger partial charge in [-0.15, -0.1) is 0 Å². The van der Waals surface area contributed by atoms with Gasteiger partial charge >= 0.3 is 0 Å².